The largest absolute Gasteiger partial charge is 0.507 e. The Morgan fingerprint density at radius 2 is 0.745 bits per heavy atom. The SMILES string of the molecule is Cc1cc(C(C)c2cc(CO)c(O)c(Cc3cccc(CO)c3O)c2)cc(Cc2cccc(Cc3cccc(CO)c3O)c2O)c1O. The van der Waals surface area contributed by atoms with Crippen LogP contribution >= 0.6 is 0 Å². The van der Waals surface area contributed by atoms with Gasteiger partial charge in [0, 0.05) is 41.9 Å². The summed E-state index contributed by atoms with van der Waals surface area (Å²) in [7, 11) is 0. The van der Waals surface area contributed by atoms with Gasteiger partial charge in [0.25, 0.3) is 0 Å². The molecule has 0 aromatic heterocycles. The van der Waals surface area contributed by atoms with Crippen molar-refractivity contribution in [1.29, 1.82) is 0 Å². The van der Waals surface area contributed by atoms with E-state index in [1.54, 1.807) is 61.5 Å². The summed E-state index contributed by atoms with van der Waals surface area (Å²) in [4.78, 5) is 0. The zero-order chi connectivity index (χ0) is 33.8. The fraction of sp³-hybridized carbons (Fsp3) is 0.231. The van der Waals surface area contributed by atoms with E-state index in [-0.39, 0.29) is 73.7 Å². The van der Waals surface area contributed by atoms with Crippen LogP contribution < -0.4 is 0 Å². The third-order valence-corrected chi connectivity index (χ3v) is 8.96. The van der Waals surface area contributed by atoms with Crippen LogP contribution in [0.2, 0.25) is 0 Å². The monoisotopic (exact) mass is 636 g/mol. The van der Waals surface area contributed by atoms with Gasteiger partial charge in [-0.1, -0.05) is 79.7 Å². The molecule has 0 amide bonds. The maximum atomic E-state index is 11.2. The predicted molar refractivity (Wildman–Crippen MR) is 179 cm³/mol. The molecule has 0 heterocycles. The molecule has 5 aromatic carbocycles. The van der Waals surface area contributed by atoms with Gasteiger partial charge < -0.3 is 40.9 Å². The van der Waals surface area contributed by atoms with E-state index >= 15 is 0 Å². The van der Waals surface area contributed by atoms with E-state index in [9.17, 15) is 40.9 Å². The molecule has 8 nitrogen and oxygen atoms in total. The Kier molecular flexibility index (Phi) is 10.1. The van der Waals surface area contributed by atoms with Crippen LogP contribution in [0.3, 0.4) is 0 Å². The highest BCUT2D eigenvalue weighted by atomic mass is 16.3. The maximum absolute atomic E-state index is 11.2. The molecule has 8 N–H and O–H groups in total. The summed E-state index contributed by atoms with van der Waals surface area (Å²) in [5.41, 5.74) is 6.88. The summed E-state index contributed by atoms with van der Waals surface area (Å²) in [6.07, 6.45) is 0.662. The number of phenols is 5. The fourth-order valence-electron chi connectivity index (χ4n) is 6.13. The minimum Gasteiger partial charge on any atom is -0.507 e. The van der Waals surface area contributed by atoms with E-state index in [0.717, 1.165) is 11.1 Å². The predicted octanol–water partition coefficient (Wildman–Crippen LogP) is 5.92. The number of hydrogen-bond acceptors (Lipinski definition) is 8. The lowest BCUT2D eigenvalue weighted by Gasteiger charge is -2.20. The standard InChI is InChI=1S/C39H40O8/c1-22-12-30(23(2)31-17-33(39(47)34(18-31)21-42)15-27-9-5-11-29(20-41)38(27)46)16-32(35(22)43)14-26-7-3-6-24(36(26)44)13-25-8-4-10-28(19-40)37(25)45/h3-12,16-18,23,40-47H,13-15,19-21H2,1-2H3. The second-order valence-corrected chi connectivity index (χ2v) is 12.0. The number of hydrogen-bond donors (Lipinski definition) is 8. The zero-order valence-corrected chi connectivity index (χ0v) is 26.4. The summed E-state index contributed by atoms with van der Waals surface area (Å²) in [6, 6.07) is 22.9. The van der Waals surface area contributed by atoms with Gasteiger partial charge in [-0.25, -0.2) is 0 Å². The molecule has 244 valence electrons. The van der Waals surface area contributed by atoms with Gasteiger partial charge in [-0.05, 0) is 63.1 Å². The van der Waals surface area contributed by atoms with Crippen LogP contribution in [0, 0.1) is 6.92 Å². The van der Waals surface area contributed by atoms with Crippen molar-refractivity contribution in [3.05, 3.63) is 146 Å². The van der Waals surface area contributed by atoms with Crippen LogP contribution in [0.5, 0.6) is 28.7 Å². The molecular weight excluding hydrogens is 596 g/mol. The molecule has 5 rings (SSSR count). The summed E-state index contributed by atoms with van der Waals surface area (Å²) < 4.78 is 0. The number of aliphatic hydroxyl groups is 3. The molecule has 8 heteroatoms. The van der Waals surface area contributed by atoms with Crippen molar-refractivity contribution in [3.8, 4) is 28.7 Å². The minimum absolute atomic E-state index is 0.00742. The van der Waals surface area contributed by atoms with Crippen molar-refractivity contribution >= 4 is 0 Å². The quantitative estimate of drug-likeness (QED) is 0.0886. The smallest absolute Gasteiger partial charge is 0.124 e. The molecule has 0 spiro atoms. The number of aryl methyl sites for hydroxylation is 1. The molecule has 0 saturated heterocycles. The van der Waals surface area contributed by atoms with Crippen molar-refractivity contribution < 1.29 is 40.9 Å². The molecule has 1 atom stereocenters. The first kappa shape index (κ1) is 33.3. The lowest BCUT2D eigenvalue weighted by Crippen LogP contribution is -2.04. The Labute approximate surface area is 273 Å². The molecule has 0 aliphatic rings. The zero-order valence-electron chi connectivity index (χ0n) is 26.4. The normalized spacial score (nSPS) is 11.9. The molecule has 1 unspecified atom stereocenters. The summed E-state index contributed by atoms with van der Waals surface area (Å²) in [5, 5.41) is 83.6. The Morgan fingerprint density at radius 3 is 1.19 bits per heavy atom. The number of aliphatic hydroxyl groups excluding tert-OH is 3. The van der Waals surface area contributed by atoms with Gasteiger partial charge in [0.05, 0.1) is 19.8 Å². The molecule has 0 fully saturated rings. The van der Waals surface area contributed by atoms with Crippen LogP contribution in [-0.4, -0.2) is 40.9 Å². The first-order chi connectivity index (χ1) is 22.6. The van der Waals surface area contributed by atoms with Crippen LogP contribution in [-0.2, 0) is 39.1 Å². The van der Waals surface area contributed by atoms with Crippen molar-refractivity contribution in [2.75, 3.05) is 0 Å². The van der Waals surface area contributed by atoms with E-state index in [2.05, 4.69) is 0 Å². The summed E-state index contributed by atoms with van der Waals surface area (Å²) >= 11 is 0. The number of benzene rings is 5. The van der Waals surface area contributed by atoms with Crippen molar-refractivity contribution in [2.45, 2.75) is 58.8 Å². The van der Waals surface area contributed by atoms with Gasteiger partial charge in [-0.15, -0.1) is 0 Å². The Morgan fingerprint density at radius 1 is 0.426 bits per heavy atom. The van der Waals surface area contributed by atoms with Gasteiger partial charge >= 0.3 is 0 Å². The van der Waals surface area contributed by atoms with Gasteiger partial charge in [0.1, 0.15) is 28.7 Å². The molecule has 0 saturated carbocycles. The van der Waals surface area contributed by atoms with Crippen LogP contribution in [0.4, 0.5) is 0 Å². The number of phenolic OH excluding ortho intramolecular Hbond substituents is 2. The average molecular weight is 637 g/mol. The van der Waals surface area contributed by atoms with Crippen molar-refractivity contribution in [1.82, 2.24) is 0 Å². The topological polar surface area (TPSA) is 162 Å². The molecule has 0 radical (unpaired) electrons. The summed E-state index contributed by atoms with van der Waals surface area (Å²) in [6.45, 7) is 2.78. The van der Waals surface area contributed by atoms with Crippen LogP contribution in [0.15, 0.2) is 78.9 Å². The first-order valence-electron chi connectivity index (χ1n) is 15.4. The van der Waals surface area contributed by atoms with Crippen molar-refractivity contribution in [2.24, 2.45) is 0 Å². The van der Waals surface area contributed by atoms with E-state index < -0.39 is 0 Å². The van der Waals surface area contributed by atoms with Gasteiger partial charge in [-0.2, -0.15) is 0 Å². The van der Waals surface area contributed by atoms with E-state index in [1.807, 2.05) is 31.2 Å². The lowest BCUT2D eigenvalue weighted by atomic mass is 9.86. The first-order valence-corrected chi connectivity index (χ1v) is 15.4. The molecule has 0 aliphatic heterocycles. The van der Waals surface area contributed by atoms with E-state index in [1.165, 1.54) is 0 Å². The Hall–Kier alpha value is -5.02. The Bertz CT molecular complexity index is 1910. The minimum atomic E-state index is -0.389. The van der Waals surface area contributed by atoms with E-state index in [0.29, 0.717) is 55.6 Å². The molecule has 0 aliphatic carbocycles. The molecule has 5 aromatic rings. The van der Waals surface area contributed by atoms with Gasteiger partial charge in [0.15, 0.2) is 0 Å². The summed E-state index contributed by atoms with van der Waals surface area (Å²) in [5.74, 6) is -0.169. The average Bonchev–Trinajstić information content (AvgIpc) is 3.07. The molecule has 47 heavy (non-hydrogen) atoms. The number of rotatable bonds is 11. The van der Waals surface area contributed by atoms with Gasteiger partial charge in [-0.3, -0.25) is 0 Å². The van der Waals surface area contributed by atoms with Gasteiger partial charge in [0.2, 0.25) is 0 Å². The highest BCUT2D eigenvalue weighted by Gasteiger charge is 2.20. The van der Waals surface area contributed by atoms with Crippen LogP contribution in [0.25, 0.3) is 0 Å². The maximum Gasteiger partial charge on any atom is 0.124 e. The number of aromatic hydroxyl groups is 5. The second kappa shape index (κ2) is 14.2. The third-order valence-electron chi connectivity index (χ3n) is 8.96. The van der Waals surface area contributed by atoms with Crippen molar-refractivity contribution in [3.63, 3.8) is 0 Å². The fourth-order valence-corrected chi connectivity index (χ4v) is 6.13. The lowest BCUT2D eigenvalue weighted by molar-refractivity contribution is 0.274. The molecule has 0 bridgehead atoms. The highest BCUT2D eigenvalue weighted by Crippen LogP contribution is 2.38. The second-order valence-electron chi connectivity index (χ2n) is 12.0. The molecular formula is C39H40O8. The van der Waals surface area contributed by atoms with E-state index in [4.69, 9.17) is 0 Å². The highest BCUT2D eigenvalue weighted by molar-refractivity contribution is 5.54. The Balaban J connectivity index is 1.47. The number of para-hydroxylation sites is 3. The third kappa shape index (κ3) is 6.90. The van der Waals surface area contributed by atoms with Crippen LogP contribution in [0.1, 0.15) is 79.6 Å².